The molecule has 168 valence electrons. The Kier molecular flexibility index (Phi) is 24.3. The van der Waals surface area contributed by atoms with Crippen molar-refractivity contribution in [3.05, 3.63) is 12.2 Å². The zero-order valence-electron chi connectivity index (χ0n) is 19.1. The average Bonchev–Trinajstić information content (AvgIpc) is 2.71. The summed E-state index contributed by atoms with van der Waals surface area (Å²) in [6, 6.07) is 0. The van der Waals surface area contributed by atoms with E-state index in [1.807, 2.05) is 0 Å². The van der Waals surface area contributed by atoms with E-state index in [2.05, 4.69) is 26.0 Å². The molecule has 0 unspecified atom stereocenters. The number of aliphatic hydroxyl groups is 1. The van der Waals surface area contributed by atoms with Crippen LogP contribution in [0.3, 0.4) is 0 Å². The van der Waals surface area contributed by atoms with Crippen molar-refractivity contribution in [3.8, 4) is 0 Å². The fourth-order valence-corrected chi connectivity index (χ4v) is 3.29. The van der Waals surface area contributed by atoms with E-state index in [0.717, 1.165) is 45.3 Å². The predicted octanol–water partition coefficient (Wildman–Crippen LogP) is 7.57. The van der Waals surface area contributed by atoms with Gasteiger partial charge in [-0.1, -0.05) is 90.2 Å². The molecule has 0 aliphatic rings. The SMILES string of the molecule is CCCCCCCOC(CCCCCC/C=C/CCO)OCCCCCCC. The van der Waals surface area contributed by atoms with Crippen LogP contribution in [0.15, 0.2) is 12.2 Å². The molecule has 0 bridgehead atoms. The largest absolute Gasteiger partial charge is 0.396 e. The van der Waals surface area contributed by atoms with Crippen LogP contribution in [0.4, 0.5) is 0 Å². The van der Waals surface area contributed by atoms with Crippen LogP contribution in [-0.2, 0) is 9.47 Å². The number of unbranched alkanes of at least 4 members (excludes halogenated alkanes) is 12. The lowest BCUT2D eigenvalue weighted by atomic mass is 10.1. The predicted molar refractivity (Wildman–Crippen MR) is 122 cm³/mol. The maximum Gasteiger partial charge on any atom is 0.157 e. The lowest BCUT2D eigenvalue weighted by Gasteiger charge is -2.19. The van der Waals surface area contributed by atoms with Gasteiger partial charge in [0.05, 0.1) is 0 Å². The summed E-state index contributed by atoms with van der Waals surface area (Å²) < 4.78 is 12.1. The molecule has 0 rings (SSSR count). The second-order valence-electron chi connectivity index (χ2n) is 7.97. The number of hydrogen-bond acceptors (Lipinski definition) is 3. The van der Waals surface area contributed by atoms with E-state index < -0.39 is 0 Å². The van der Waals surface area contributed by atoms with Gasteiger partial charge in [0.25, 0.3) is 0 Å². The summed E-state index contributed by atoms with van der Waals surface area (Å²) >= 11 is 0. The molecular weight excluding hydrogens is 348 g/mol. The Morgan fingerprint density at radius 1 is 0.607 bits per heavy atom. The maximum atomic E-state index is 8.75. The van der Waals surface area contributed by atoms with Crippen LogP contribution in [-0.4, -0.2) is 31.2 Å². The average molecular weight is 399 g/mol. The first-order valence-electron chi connectivity index (χ1n) is 12.3. The molecule has 3 nitrogen and oxygen atoms in total. The van der Waals surface area contributed by atoms with E-state index in [1.165, 1.54) is 77.0 Å². The van der Waals surface area contributed by atoms with Crippen molar-refractivity contribution in [2.45, 2.75) is 129 Å². The van der Waals surface area contributed by atoms with Crippen molar-refractivity contribution in [2.75, 3.05) is 19.8 Å². The van der Waals surface area contributed by atoms with Crippen LogP contribution >= 0.6 is 0 Å². The summed E-state index contributed by atoms with van der Waals surface area (Å²) in [6.45, 7) is 6.47. The Labute approximate surface area is 176 Å². The summed E-state index contributed by atoms with van der Waals surface area (Å²) in [4.78, 5) is 0. The van der Waals surface area contributed by atoms with Crippen LogP contribution in [0, 0.1) is 0 Å². The molecule has 28 heavy (non-hydrogen) atoms. The first-order valence-corrected chi connectivity index (χ1v) is 12.3. The highest BCUT2D eigenvalue weighted by atomic mass is 16.7. The highest BCUT2D eigenvalue weighted by Crippen LogP contribution is 2.13. The Balaban J connectivity index is 3.81. The third kappa shape index (κ3) is 21.9. The Morgan fingerprint density at radius 2 is 1.11 bits per heavy atom. The van der Waals surface area contributed by atoms with Gasteiger partial charge in [-0.3, -0.25) is 0 Å². The molecule has 0 aliphatic heterocycles. The van der Waals surface area contributed by atoms with Gasteiger partial charge >= 0.3 is 0 Å². The van der Waals surface area contributed by atoms with Crippen molar-refractivity contribution >= 4 is 0 Å². The molecule has 0 fully saturated rings. The van der Waals surface area contributed by atoms with Gasteiger partial charge in [-0.15, -0.1) is 0 Å². The van der Waals surface area contributed by atoms with Gasteiger partial charge in [0.15, 0.2) is 6.29 Å². The minimum absolute atomic E-state index is 0.00167. The molecule has 0 saturated heterocycles. The number of rotatable bonds is 23. The molecular formula is C25H50O3. The molecule has 0 aromatic carbocycles. The summed E-state index contributed by atoms with van der Waals surface area (Å²) in [7, 11) is 0. The topological polar surface area (TPSA) is 38.7 Å². The van der Waals surface area contributed by atoms with Gasteiger partial charge in [-0.25, -0.2) is 0 Å². The van der Waals surface area contributed by atoms with Crippen LogP contribution in [0.25, 0.3) is 0 Å². The minimum atomic E-state index is 0.00167. The molecule has 0 radical (unpaired) electrons. The lowest BCUT2D eigenvalue weighted by Crippen LogP contribution is -2.19. The zero-order chi connectivity index (χ0) is 20.5. The van der Waals surface area contributed by atoms with E-state index in [-0.39, 0.29) is 12.9 Å². The second-order valence-corrected chi connectivity index (χ2v) is 7.97. The van der Waals surface area contributed by atoms with E-state index in [1.54, 1.807) is 0 Å². The Bertz CT molecular complexity index is 288. The van der Waals surface area contributed by atoms with Crippen molar-refractivity contribution < 1.29 is 14.6 Å². The summed E-state index contributed by atoms with van der Waals surface area (Å²) in [6.07, 6.45) is 25.0. The molecule has 0 aromatic heterocycles. The third-order valence-corrected chi connectivity index (χ3v) is 5.13. The van der Waals surface area contributed by atoms with Crippen LogP contribution in [0.5, 0.6) is 0 Å². The molecule has 0 aliphatic carbocycles. The van der Waals surface area contributed by atoms with Crippen molar-refractivity contribution in [1.82, 2.24) is 0 Å². The molecule has 0 aromatic rings. The third-order valence-electron chi connectivity index (χ3n) is 5.13. The summed E-state index contributed by atoms with van der Waals surface area (Å²) in [5, 5.41) is 8.75. The summed E-state index contributed by atoms with van der Waals surface area (Å²) in [5.74, 6) is 0. The van der Waals surface area contributed by atoms with Gasteiger partial charge in [0.2, 0.25) is 0 Å². The molecule has 0 saturated carbocycles. The molecule has 3 heteroatoms. The smallest absolute Gasteiger partial charge is 0.157 e. The normalized spacial score (nSPS) is 11.9. The summed E-state index contributed by atoms with van der Waals surface area (Å²) in [5.41, 5.74) is 0. The van der Waals surface area contributed by atoms with Crippen LogP contribution < -0.4 is 0 Å². The van der Waals surface area contributed by atoms with Crippen molar-refractivity contribution in [3.63, 3.8) is 0 Å². The van der Waals surface area contributed by atoms with E-state index >= 15 is 0 Å². The van der Waals surface area contributed by atoms with Crippen LogP contribution in [0.1, 0.15) is 123 Å². The lowest BCUT2D eigenvalue weighted by molar-refractivity contribution is -0.148. The first kappa shape index (κ1) is 27.6. The Hall–Kier alpha value is -0.380. The van der Waals surface area contributed by atoms with Crippen molar-refractivity contribution in [1.29, 1.82) is 0 Å². The second kappa shape index (κ2) is 24.7. The van der Waals surface area contributed by atoms with Gasteiger partial charge in [-0.2, -0.15) is 0 Å². The minimum Gasteiger partial charge on any atom is -0.396 e. The van der Waals surface area contributed by atoms with E-state index in [9.17, 15) is 0 Å². The first-order chi connectivity index (χ1) is 13.8. The Morgan fingerprint density at radius 3 is 1.68 bits per heavy atom. The molecule has 0 amide bonds. The number of allylic oxidation sites excluding steroid dienone is 1. The molecule has 0 spiro atoms. The van der Waals surface area contributed by atoms with E-state index in [0.29, 0.717) is 0 Å². The number of hydrogen-bond donors (Lipinski definition) is 1. The molecule has 0 heterocycles. The number of ether oxygens (including phenoxy) is 2. The van der Waals surface area contributed by atoms with Crippen LogP contribution in [0.2, 0.25) is 0 Å². The van der Waals surface area contributed by atoms with E-state index in [4.69, 9.17) is 14.6 Å². The van der Waals surface area contributed by atoms with Gasteiger partial charge in [0.1, 0.15) is 0 Å². The fourth-order valence-electron chi connectivity index (χ4n) is 3.29. The highest BCUT2D eigenvalue weighted by Gasteiger charge is 2.09. The van der Waals surface area contributed by atoms with Crippen molar-refractivity contribution in [2.24, 2.45) is 0 Å². The van der Waals surface area contributed by atoms with Gasteiger partial charge in [-0.05, 0) is 44.9 Å². The molecule has 0 atom stereocenters. The monoisotopic (exact) mass is 398 g/mol. The number of aliphatic hydroxyl groups excluding tert-OH is 1. The maximum absolute atomic E-state index is 8.75. The van der Waals surface area contributed by atoms with Gasteiger partial charge < -0.3 is 14.6 Å². The fraction of sp³-hybridized carbons (Fsp3) is 0.920. The standard InChI is InChI=1S/C25H50O3/c1-3-5-7-15-19-23-27-25(28-24-20-16-8-6-4-2)21-17-13-11-9-10-12-14-18-22-26/h12,14,25-26H,3-11,13,15-24H2,1-2H3/b14-12+. The highest BCUT2D eigenvalue weighted by molar-refractivity contribution is 4.80. The zero-order valence-corrected chi connectivity index (χ0v) is 19.1. The van der Waals surface area contributed by atoms with Gasteiger partial charge in [0, 0.05) is 19.8 Å². The quantitative estimate of drug-likeness (QED) is 0.110. The molecule has 1 N–H and O–H groups in total.